The van der Waals surface area contributed by atoms with Gasteiger partial charge in [0.05, 0.1) is 11.4 Å². The zero-order chi connectivity index (χ0) is 12.4. The third kappa shape index (κ3) is 2.95. The summed E-state index contributed by atoms with van der Waals surface area (Å²) in [7, 11) is 0. The number of nitrogens with two attached hydrogens (primary N) is 1. The van der Waals surface area contributed by atoms with Crippen LogP contribution in [0.5, 0.6) is 0 Å². The second-order valence-corrected chi connectivity index (χ2v) is 5.35. The molecule has 90 valence electrons. The molecule has 0 aliphatic carbocycles. The van der Waals surface area contributed by atoms with Crippen molar-refractivity contribution in [2.75, 3.05) is 11.1 Å². The first-order chi connectivity index (χ1) is 8.06. The lowest BCUT2D eigenvalue weighted by Gasteiger charge is -2.09. The molecule has 0 unspecified atom stereocenters. The molecule has 6 heteroatoms. The Morgan fingerprint density at radius 1 is 1.29 bits per heavy atom. The molecule has 1 heterocycles. The highest BCUT2D eigenvalue weighted by molar-refractivity contribution is 9.10. The highest BCUT2D eigenvalue weighted by atomic mass is 79.9. The summed E-state index contributed by atoms with van der Waals surface area (Å²) in [5.41, 5.74) is 5.71. The van der Waals surface area contributed by atoms with Gasteiger partial charge in [-0.15, -0.1) is 11.3 Å². The molecule has 2 rings (SSSR count). The maximum atomic E-state index is 13.2. The van der Waals surface area contributed by atoms with Gasteiger partial charge in [-0.3, -0.25) is 0 Å². The van der Waals surface area contributed by atoms with Crippen molar-refractivity contribution in [3.63, 3.8) is 0 Å². The minimum atomic E-state index is -0.750. The first kappa shape index (κ1) is 12.3. The van der Waals surface area contributed by atoms with Gasteiger partial charge in [-0.05, 0) is 28.1 Å². The van der Waals surface area contributed by atoms with Gasteiger partial charge in [0.1, 0.15) is 5.82 Å². The molecule has 17 heavy (non-hydrogen) atoms. The Kier molecular flexibility index (Phi) is 3.63. The van der Waals surface area contributed by atoms with Crippen molar-refractivity contribution < 1.29 is 8.78 Å². The molecule has 0 atom stereocenters. The zero-order valence-corrected chi connectivity index (χ0v) is 11.0. The van der Waals surface area contributed by atoms with Crippen LogP contribution in [0.3, 0.4) is 0 Å². The van der Waals surface area contributed by atoms with E-state index in [0.29, 0.717) is 6.54 Å². The molecule has 0 radical (unpaired) electrons. The Bertz CT molecular complexity index is 542. The molecule has 0 saturated carbocycles. The van der Waals surface area contributed by atoms with Gasteiger partial charge in [0.2, 0.25) is 0 Å². The van der Waals surface area contributed by atoms with Gasteiger partial charge in [-0.2, -0.15) is 0 Å². The summed E-state index contributed by atoms with van der Waals surface area (Å²) in [4.78, 5) is 1.04. The standard InChI is InChI=1S/C11H9BrF2N2S/c12-6-1-8(17-5-6)4-16-10-3-7(13)2-9(14)11(10)15/h1-3,5,16H,4,15H2. The molecule has 0 fully saturated rings. The Hall–Kier alpha value is -1.14. The van der Waals surface area contributed by atoms with E-state index >= 15 is 0 Å². The lowest BCUT2D eigenvalue weighted by Crippen LogP contribution is -2.03. The van der Waals surface area contributed by atoms with Crippen molar-refractivity contribution >= 4 is 38.6 Å². The quantitative estimate of drug-likeness (QED) is 0.840. The summed E-state index contributed by atoms with van der Waals surface area (Å²) >= 11 is 4.88. The molecule has 1 aromatic carbocycles. The highest BCUT2D eigenvalue weighted by Gasteiger charge is 2.08. The van der Waals surface area contributed by atoms with E-state index in [1.54, 1.807) is 11.3 Å². The average Bonchev–Trinajstić information content (AvgIpc) is 2.67. The number of benzene rings is 1. The van der Waals surface area contributed by atoms with Gasteiger partial charge in [0, 0.05) is 27.3 Å². The lowest BCUT2D eigenvalue weighted by molar-refractivity contribution is 0.587. The zero-order valence-electron chi connectivity index (χ0n) is 8.64. The summed E-state index contributed by atoms with van der Waals surface area (Å²) in [5.74, 6) is -1.40. The Labute approximate surface area is 110 Å². The predicted molar refractivity (Wildman–Crippen MR) is 70.1 cm³/mol. The molecular formula is C11H9BrF2N2S. The second kappa shape index (κ2) is 5.01. The van der Waals surface area contributed by atoms with Gasteiger partial charge in [-0.25, -0.2) is 8.78 Å². The smallest absolute Gasteiger partial charge is 0.151 e. The number of nitrogen functional groups attached to an aromatic ring is 1. The van der Waals surface area contributed by atoms with Crippen molar-refractivity contribution in [1.29, 1.82) is 0 Å². The van der Waals surface area contributed by atoms with E-state index in [1.807, 2.05) is 11.4 Å². The van der Waals surface area contributed by atoms with Gasteiger partial charge in [-0.1, -0.05) is 0 Å². The molecule has 0 aliphatic heterocycles. The largest absolute Gasteiger partial charge is 0.395 e. The summed E-state index contributed by atoms with van der Waals surface area (Å²) in [6, 6.07) is 3.88. The predicted octanol–water partition coefficient (Wildman–Crippen LogP) is 3.98. The molecule has 0 amide bonds. The number of anilines is 2. The number of thiophene rings is 1. The number of hydrogen-bond acceptors (Lipinski definition) is 3. The van der Waals surface area contributed by atoms with Crippen LogP contribution < -0.4 is 11.1 Å². The van der Waals surface area contributed by atoms with E-state index in [4.69, 9.17) is 5.73 Å². The Morgan fingerprint density at radius 3 is 2.71 bits per heavy atom. The average molecular weight is 319 g/mol. The highest BCUT2D eigenvalue weighted by Crippen LogP contribution is 2.25. The molecule has 2 nitrogen and oxygen atoms in total. The second-order valence-electron chi connectivity index (χ2n) is 3.43. The molecule has 0 spiro atoms. The van der Waals surface area contributed by atoms with Gasteiger partial charge < -0.3 is 11.1 Å². The van der Waals surface area contributed by atoms with Gasteiger partial charge in [0.15, 0.2) is 5.82 Å². The minimum absolute atomic E-state index is 0.0676. The Balaban J connectivity index is 2.14. The molecule has 0 saturated heterocycles. The van der Waals surface area contributed by atoms with Crippen LogP contribution in [-0.2, 0) is 6.54 Å². The lowest BCUT2D eigenvalue weighted by atomic mass is 10.2. The molecule has 3 N–H and O–H groups in total. The monoisotopic (exact) mass is 318 g/mol. The third-order valence-electron chi connectivity index (χ3n) is 2.17. The van der Waals surface area contributed by atoms with E-state index in [2.05, 4.69) is 21.2 Å². The maximum absolute atomic E-state index is 13.2. The normalized spacial score (nSPS) is 10.5. The first-order valence-electron chi connectivity index (χ1n) is 4.77. The fourth-order valence-electron chi connectivity index (χ4n) is 1.36. The summed E-state index contributed by atoms with van der Waals surface area (Å²) in [6.45, 7) is 0.476. The summed E-state index contributed by atoms with van der Waals surface area (Å²) < 4.78 is 27.1. The van der Waals surface area contributed by atoms with Crippen molar-refractivity contribution in [3.05, 3.63) is 44.6 Å². The summed E-state index contributed by atoms with van der Waals surface area (Å²) in [5, 5.41) is 4.85. The van der Waals surface area contributed by atoms with Crippen LogP contribution in [0.2, 0.25) is 0 Å². The van der Waals surface area contributed by atoms with Crippen LogP contribution in [0, 0.1) is 11.6 Å². The van der Waals surface area contributed by atoms with E-state index in [1.165, 1.54) is 6.07 Å². The van der Waals surface area contributed by atoms with Gasteiger partial charge >= 0.3 is 0 Å². The number of nitrogens with one attached hydrogen (secondary N) is 1. The first-order valence-corrected chi connectivity index (χ1v) is 6.45. The maximum Gasteiger partial charge on any atom is 0.151 e. The van der Waals surface area contributed by atoms with Crippen molar-refractivity contribution in [3.8, 4) is 0 Å². The molecule has 0 aliphatic rings. The molecular weight excluding hydrogens is 310 g/mol. The summed E-state index contributed by atoms with van der Waals surface area (Å²) in [6.07, 6.45) is 0. The third-order valence-corrected chi connectivity index (χ3v) is 3.87. The SMILES string of the molecule is Nc1c(F)cc(F)cc1NCc1cc(Br)cs1. The number of rotatable bonds is 3. The number of halogens is 3. The Morgan fingerprint density at radius 2 is 2.06 bits per heavy atom. The van der Waals surface area contributed by atoms with E-state index in [-0.39, 0.29) is 11.4 Å². The van der Waals surface area contributed by atoms with Crippen LogP contribution in [0.25, 0.3) is 0 Å². The molecule has 0 bridgehead atoms. The van der Waals surface area contributed by atoms with Gasteiger partial charge in [0.25, 0.3) is 0 Å². The van der Waals surface area contributed by atoms with E-state index < -0.39 is 11.6 Å². The fraction of sp³-hybridized carbons (Fsp3) is 0.0909. The van der Waals surface area contributed by atoms with Crippen LogP contribution in [-0.4, -0.2) is 0 Å². The van der Waals surface area contributed by atoms with E-state index in [0.717, 1.165) is 15.4 Å². The minimum Gasteiger partial charge on any atom is -0.395 e. The van der Waals surface area contributed by atoms with Crippen molar-refractivity contribution in [1.82, 2.24) is 0 Å². The van der Waals surface area contributed by atoms with Crippen LogP contribution in [0.4, 0.5) is 20.2 Å². The van der Waals surface area contributed by atoms with Crippen LogP contribution in [0.1, 0.15) is 4.88 Å². The molecule has 2 aromatic rings. The van der Waals surface area contributed by atoms with Crippen molar-refractivity contribution in [2.24, 2.45) is 0 Å². The fourth-order valence-corrected chi connectivity index (χ4v) is 2.75. The molecule has 1 aromatic heterocycles. The topological polar surface area (TPSA) is 38.0 Å². The van der Waals surface area contributed by atoms with E-state index in [9.17, 15) is 8.78 Å². The van der Waals surface area contributed by atoms with Crippen LogP contribution in [0.15, 0.2) is 28.1 Å². The van der Waals surface area contributed by atoms with Crippen LogP contribution >= 0.6 is 27.3 Å². The van der Waals surface area contributed by atoms with Crippen molar-refractivity contribution in [2.45, 2.75) is 6.54 Å². The number of hydrogen-bond donors (Lipinski definition) is 2.